The van der Waals surface area contributed by atoms with Crippen LogP contribution in [0.5, 0.6) is 0 Å². The normalized spacial score (nSPS) is 12.9. The zero-order chi connectivity index (χ0) is 21.3. The molecular formula is C23H24ClNO4. The Balaban J connectivity index is 2.38. The summed E-state index contributed by atoms with van der Waals surface area (Å²) in [5, 5.41) is 20.8. The van der Waals surface area contributed by atoms with Gasteiger partial charge in [-0.3, -0.25) is 4.98 Å². The SMILES string of the molecule is Cc1cc2nc(CO)ccc2c(-c2ccc(Cl)cc2)c1C(OC(C)(C)C)C(=O)O. The number of carbonyl (C=O) groups is 1. The lowest BCUT2D eigenvalue weighted by atomic mass is 9.88. The van der Waals surface area contributed by atoms with Crippen molar-refractivity contribution < 1.29 is 19.7 Å². The molecule has 0 aliphatic rings. The van der Waals surface area contributed by atoms with Crippen LogP contribution in [0, 0.1) is 6.92 Å². The van der Waals surface area contributed by atoms with Crippen molar-refractivity contribution in [2.24, 2.45) is 0 Å². The Morgan fingerprint density at radius 3 is 2.38 bits per heavy atom. The fourth-order valence-corrected chi connectivity index (χ4v) is 3.53. The van der Waals surface area contributed by atoms with E-state index in [0.29, 0.717) is 21.8 Å². The van der Waals surface area contributed by atoms with Crippen LogP contribution in [0.25, 0.3) is 22.0 Å². The van der Waals surface area contributed by atoms with Gasteiger partial charge in [-0.05, 0) is 68.7 Å². The Morgan fingerprint density at radius 1 is 1.17 bits per heavy atom. The summed E-state index contributed by atoms with van der Waals surface area (Å²) >= 11 is 6.07. The number of aryl methyl sites for hydroxylation is 1. The van der Waals surface area contributed by atoms with Gasteiger partial charge < -0.3 is 14.9 Å². The molecule has 0 radical (unpaired) electrons. The standard InChI is InChI=1S/C23H24ClNO4/c1-13-11-18-17(10-9-16(12-26)25-18)20(14-5-7-15(24)8-6-14)19(13)21(22(27)28)29-23(2,3)4/h5-11,21,26H,12H2,1-4H3,(H,27,28). The first-order valence-corrected chi connectivity index (χ1v) is 9.69. The number of aromatic nitrogens is 1. The highest BCUT2D eigenvalue weighted by molar-refractivity contribution is 6.30. The summed E-state index contributed by atoms with van der Waals surface area (Å²) in [5.74, 6) is -1.06. The highest BCUT2D eigenvalue weighted by atomic mass is 35.5. The Morgan fingerprint density at radius 2 is 1.83 bits per heavy atom. The van der Waals surface area contributed by atoms with Crippen LogP contribution >= 0.6 is 11.6 Å². The predicted octanol–water partition coefficient (Wildman–Crippen LogP) is 5.30. The smallest absolute Gasteiger partial charge is 0.337 e. The molecule has 2 aromatic carbocycles. The fraction of sp³-hybridized carbons (Fsp3) is 0.304. The van der Waals surface area contributed by atoms with Gasteiger partial charge in [0, 0.05) is 16.0 Å². The highest BCUT2D eigenvalue weighted by Gasteiger charge is 2.31. The van der Waals surface area contributed by atoms with Crippen LogP contribution in [0.4, 0.5) is 0 Å². The molecule has 5 nitrogen and oxygen atoms in total. The summed E-state index contributed by atoms with van der Waals surface area (Å²) in [6.45, 7) is 7.17. The van der Waals surface area contributed by atoms with Crippen molar-refractivity contribution in [2.75, 3.05) is 0 Å². The van der Waals surface area contributed by atoms with Gasteiger partial charge in [0.2, 0.25) is 0 Å². The molecule has 1 unspecified atom stereocenters. The molecule has 0 aliphatic carbocycles. The first-order valence-electron chi connectivity index (χ1n) is 9.31. The van der Waals surface area contributed by atoms with Crippen LogP contribution in [0.3, 0.4) is 0 Å². The molecule has 0 bridgehead atoms. The van der Waals surface area contributed by atoms with E-state index >= 15 is 0 Å². The molecule has 0 saturated carbocycles. The number of aliphatic hydroxyl groups is 1. The number of rotatable bonds is 5. The van der Waals surface area contributed by atoms with E-state index in [1.54, 1.807) is 18.2 Å². The zero-order valence-electron chi connectivity index (χ0n) is 16.9. The summed E-state index contributed by atoms with van der Waals surface area (Å²) in [7, 11) is 0. The minimum Gasteiger partial charge on any atom is -0.479 e. The molecule has 0 saturated heterocycles. The second-order valence-electron chi connectivity index (χ2n) is 7.96. The maximum absolute atomic E-state index is 12.2. The van der Waals surface area contributed by atoms with Gasteiger partial charge in [0.25, 0.3) is 0 Å². The van der Waals surface area contributed by atoms with Crippen LogP contribution < -0.4 is 0 Å². The lowest BCUT2D eigenvalue weighted by molar-refractivity contribution is -0.160. The number of hydrogen-bond donors (Lipinski definition) is 2. The van der Waals surface area contributed by atoms with Crippen molar-refractivity contribution >= 4 is 28.5 Å². The van der Waals surface area contributed by atoms with Gasteiger partial charge in [-0.1, -0.05) is 29.8 Å². The Labute approximate surface area is 174 Å². The van der Waals surface area contributed by atoms with E-state index in [1.165, 1.54) is 0 Å². The number of aliphatic carboxylic acids is 1. The van der Waals surface area contributed by atoms with E-state index in [2.05, 4.69) is 4.98 Å². The Hall–Kier alpha value is -2.47. The summed E-state index contributed by atoms with van der Waals surface area (Å²) in [6.07, 6.45) is -1.15. The molecule has 2 N–H and O–H groups in total. The quantitative estimate of drug-likeness (QED) is 0.593. The van der Waals surface area contributed by atoms with Crippen molar-refractivity contribution in [1.29, 1.82) is 0 Å². The number of hydrogen-bond acceptors (Lipinski definition) is 4. The fourth-order valence-electron chi connectivity index (χ4n) is 3.40. The largest absolute Gasteiger partial charge is 0.479 e. The van der Waals surface area contributed by atoms with E-state index < -0.39 is 17.7 Å². The number of halogens is 1. The number of pyridine rings is 1. The van der Waals surface area contributed by atoms with E-state index in [9.17, 15) is 15.0 Å². The second kappa shape index (κ2) is 8.11. The molecular weight excluding hydrogens is 390 g/mol. The average molecular weight is 414 g/mol. The molecule has 0 aliphatic heterocycles. The first kappa shape index (κ1) is 21.2. The number of ether oxygens (including phenoxy) is 1. The van der Waals surface area contributed by atoms with E-state index in [1.807, 2.05) is 52.0 Å². The number of carboxylic acids is 1. The monoisotopic (exact) mass is 413 g/mol. The zero-order valence-corrected chi connectivity index (χ0v) is 17.6. The summed E-state index contributed by atoms with van der Waals surface area (Å²) < 4.78 is 5.96. The van der Waals surface area contributed by atoms with Gasteiger partial charge in [0.15, 0.2) is 6.10 Å². The lowest BCUT2D eigenvalue weighted by Crippen LogP contribution is -2.28. The van der Waals surface area contributed by atoms with Crippen molar-refractivity contribution in [3.63, 3.8) is 0 Å². The number of nitrogens with zero attached hydrogens (tertiary/aromatic N) is 1. The van der Waals surface area contributed by atoms with Gasteiger partial charge in [-0.2, -0.15) is 0 Å². The average Bonchev–Trinajstić information content (AvgIpc) is 2.64. The third-order valence-electron chi connectivity index (χ3n) is 4.55. The predicted molar refractivity (Wildman–Crippen MR) is 114 cm³/mol. The Kier molecular flexibility index (Phi) is 5.94. The van der Waals surface area contributed by atoms with Gasteiger partial charge in [0.05, 0.1) is 23.4 Å². The minimum absolute atomic E-state index is 0.169. The van der Waals surface area contributed by atoms with Gasteiger partial charge in [-0.15, -0.1) is 0 Å². The molecule has 3 rings (SSSR count). The topological polar surface area (TPSA) is 79.7 Å². The number of aliphatic hydroxyl groups excluding tert-OH is 1. The molecule has 29 heavy (non-hydrogen) atoms. The molecule has 3 aromatic rings. The Bertz CT molecular complexity index is 1060. The minimum atomic E-state index is -1.15. The van der Waals surface area contributed by atoms with Crippen LogP contribution in [-0.4, -0.2) is 26.8 Å². The maximum Gasteiger partial charge on any atom is 0.337 e. The van der Waals surface area contributed by atoms with Crippen LogP contribution in [0.15, 0.2) is 42.5 Å². The van der Waals surface area contributed by atoms with Crippen molar-refractivity contribution in [2.45, 2.75) is 46.0 Å². The third-order valence-corrected chi connectivity index (χ3v) is 4.80. The second-order valence-corrected chi connectivity index (χ2v) is 8.40. The summed E-state index contributed by atoms with van der Waals surface area (Å²) in [4.78, 5) is 16.7. The van der Waals surface area contributed by atoms with Crippen LogP contribution in [-0.2, 0) is 16.1 Å². The lowest BCUT2D eigenvalue weighted by Gasteiger charge is -2.28. The van der Waals surface area contributed by atoms with E-state index in [-0.39, 0.29) is 6.61 Å². The summed E-state index contributed by atoms with van der Waals surface area (Å²) in [6, 6.07) is 12.7. The molecule has 152 valence electrons. The molecule has 0 amide bonds. The van der Waals surface area contributed by atoms with Gasteiger partial charge in [-0.25, -0.2) is 4.79 Å². The number of fused-ring (bicyclic) bond motifs is 1. The highest BCUT2D eigenvalue weighted by Crippen LogP contribution is 2.40. The number of benzene rings is 2. The molecule has 1 heterocycles. The van der Waals surface area contributed by atoms with E-state index in [0.717, 1.165) is 22.1 Å². The molecule has 0 fully saturated rings. The molecule has 1 atom stereocenters. The van der Waals surface area contributed by atoms with Gasteiger partial charge in [0.1, 0.15) is 0 Å². The molecule has 1 aromatic heterocycles. The van der Waals surface area contributed by atoms with Crippen molar-refractivity contribution in [1.82, 2.24) is 4.98 Å². The first-order chi connectivity index (χ1) is 13.6. The van der Waals surface area contributed by atoms with Crippen LogP contribution in [0.1, 0.15) is 43.7 Å². The summed E-state index contributed by atoms with van der Waals surface area (Å²) in [5.41, 5.74) is 3.48. The van der Waals surface area contributed by atoms with Crippen LogP contribution in [0.2, 0.25) is 5.02 Å². The van der Waals surface area contributed by atoms with Gasteiger partial charge >= 0.3 is 5.97 Å². The molecule has 0 spiro atoms. The molecule has 6 heteroatoms. The van der Waals surface area contributed by atoms with Crippen molar-refractivity contribution in [3.8, 4) is 11.1 Å². The van der Waals surface area contributed by atoms with Crippen molar-refractivity contribution in [3.05, 3.63) is 64.3 Å². The third kappa shape index (κ3) is 4.58. The maximum atomic E-state index is 12.2. The number of carboxylic acid groups (broad SMARTS) is 1. The van der Waals surface area contributed by atoms with E-state index in [4.69, 9.17) is 16.3 Å².